The molecule has 0 heterocycles. The lowest BCUT2D eigenvalue weighted by molar-refractivity contribution is -0.107. The number of benzene rings is 1. The molecule has 0 N–H and O–H groups in total. The van der Waals surface area contributed by atoms with Crippen LogP contribution in [0.25, 0.3) is 0 Å². The van der Waals surface area contributed by atoms with Crippen LogP contribution in [0.2, 0.25) is 0 Å². The first-order valence-electron chi connectivity index (χ1n) is 5.44. The van der Waals surface area contributed by atoms with Gasteiger partial charge in [-0.25, -0.2) is 0 Å². The van der Waals surface area contributed by atoms with Crippen LogP contribution < -0.4 is 0 Å². The number of carbonyl (C=O) groups is 2. The number of rotatable bonds is 4. The number of hydrogen-bond donors (Lipinski definition) is 0. The van der Waals surface area contributed by atoms with Gasteiger partial charge in [0.05, 0.1) is 0 Å². The van der Waals surface area contributed by atoms with Crippen LogP contribution in [0.3, 0.4) is 0 Å². The van der Waals surface area contributed by atoms with Crippen LogP contribution in [0, 0.1) is 0 Å². The normalized spacial score (nSPS) is 11.2. The van der Waals surface area contributed by atoms with Gasteiger partial charge in [-0.15, -0.1) is 0 Å². The maximum atomic E-state index is 11.4. The van der Waals surface area contributed by atoms with Gasteiger partial charge in [0.1, 0.15) is 0 Å². The lowest BCUT2D eigenvalue weighted by Crippen LogP contribution is -1.86. The summed E-state index contributed by atoms with van der Waals surface area (Å²) in [5.41, 5.74) is 0. The average molecular weight is 278 g/mol. The van der Waals surface area contributed by atoms with Crippen LogP contribution in [0.1, 0.15) is 13.8 Å². The second-order valence-corrected chi connectivity index (χ2v) is 5.47. The minimum absolute atomic E-state index is 0.00268. The molecule has 0 saturated carbocycles. The molecule has 0 aliphatic carbocycles. The van der Waals surface area contributed by atoms with E-state index in [0.717, 1.165) is 9.79 Å². The summed E-state index contributed by atoms with van der Waals surface area (Å²) in [6.45, 7) is 3.62. The highest BCUT2D eigenvalue weighted by Gasteiger charge is 2.03. The SMILES string of the molecule is CC=CC(=O)Sc1ccc(SC(=O)C=CC)cc1. The third-order valence-electron chi connectivity index (χ3n) is 1.87. The van der Waals surface area contributed by atoms with Gasteiger partial charge in [0.15, 0.2) is 0 Å². The monoisotopic (exact) mass is 278 g/mol. The minimum Gasteiger partial charge on any atom is -0.282 e. The molecule has 0 atom stereocenters. The lowest BCUT2D eigenvalue weighted by Gasteiger charge is -2.00. The van der Waals surface area contributed by atoms with Crippen molar-refractivity contribution in [3.63, 3.8) is 0 Å². The summed E-state index contributed by atoms with van der Waals surface area (Å²) in [5.74, 6) is 0. The molecule has 1 aromatic rings. The molecule has 18 heavy (non-hydrogen) atoms. The first-order valence-corrected chi connectivity index (χ1v) is 7.08. The molecule has 0 fully saturated rings. The van der Waals surface area contributed by atoms with Gasteiger partial charge in [0, 0.05) is 9.79 Å². The molecule has 1 rings (SSSR count). The van der Waals surface area contributed by atoms with Crippen LogP contribution in [-0.2, 0) is 9.59 Å². The largest absolute Gasteiger partial charge is 0.282 e. The number of carbonyl (C=O) groups excluding carboxylic acids is 2. The second kappa shape index (κ2) is 7.95. The van der Waals surface area contributed by atoms with E-state index in [1.54, 1.807) is 12.2 Å². The molecule has 0 spiro atoms. The Kier molecular flexibility index (Phi) is 6.54. The first-order chi connectivity index (χ1) is 8.65. The van der Waals surface area contributed by atoms with Crippen molar-refractivity contribution in [1.29, 1.82) is 0 Å². The molecule has 0 aliphatic heterocycles. The van der Waals surface area contributed by atoms with Gasteiger partial charge in [0.25, 0.3) is 0 Å². The molecule has 0 saturated heterocycles. The molecule has 2 nitrogen and oxygen atoms in total. The molecule has 0 amide bonds. The molecular formula is C14H14O2S2. The van der Waals surface area contributed by atoms with E-state index >= 15 is 0 Å². The van der Waals surface area contributed by atoms with Gasteiger partial charge in [-0.05, 0) is 73.8 Å². The van der Waals surface area contributed by atoms with E-state index in [1.165, 1.54) is 35.7 Å². The molecule has 0 radical (unpaired) electrons. The van der Waals surface area contributed by atoms with Gasteiger partial charge >= 0.3 is 0 Å². The summed E-state index contributed by atoms with van der Waals surface area (Å²) in [7, 11) is 0. The molecule has 94 valence electrons. The third kappa shape index (κ3) is 5.38. The Morgan fingerprint density at radius 1 is 0.833 bits per heavy atom. The maximum Gasteiger partial charge on any atom is 0.216 e. The predicted octanol–water partition coefficient (Wildman–Crippen LogP) is 4.08. The summed E-state index contributed by atoms with van der Waals surface area (Å²) in [5, 5.41) is 0.00536. The van der Waals surface area contributed by atoms with E-state index in [9.17, 15) is 9.59 Å². The van der Waals surface area contributed by atoms with Crippen molar-refractivity contribution in [3.8, 4) is 0 Å². The summed E-state index contributed by atoms with van der Waals surface area (Å²) < 4.78 is 0. The topological polar surface area (TPSA) is 34.1 Å². The number of hydrogen-bond acceptors (Lipinski definition) is 4. The highest BCUT2D eigenvalue weighted by Crippen LogP contribution is 2.24. The fourth-order valence-electron chi connectivity index (χ4n) is 1.15. The van der Waals surface area contributed by atoms with E-state index in [0.29, 0.717) is 0 Å². The Balaban J connectivity index is 2.62. The van der Waals surface area contributed by atoms with Crippen LogP contribution in [-0.4, -0.2) is 10.2 Å². The molecule has 4 heteroatoms. The summed E-state index contributed by atoms with van der Waals surface area (Å²) in [6.07, 6.45) is 6.50. The minimum atomic E-state index is 0.00268. The van der Waals surface area contributed by atoms with Crippen molar-refractivity contribution in [2.45, 2.75) is 23.6 Å². The quantitative estimate of drug-likeness (QED) is 0.614. The fraction of sp³-hybridized carbons (Fsp3) is 0.143. The van der Waals surface area contributed by atoms with Crippen molar-refractivity contribution in [1.82, 2.24) is 0 Å². The standard InChI is InChI=1S/C14H14O2S2/c1-3-5-13(15)17-11-7-9-12(10-8-11)18-14(16)6-4-2/h3-10H,1-2H3. The van der Waals surface area contributed by atoms with Crippen molar-refractivity contribution >= 4 is 33.8 Å². The van der Waals surface area contributed by atoms with Crippen LogP contribution in [0.5, 0.6) is 0 Å². The Morgan fingerprint density at radius 3 is 1.44 bits per heavy atom. The zero-order valence-electron chi connectivity index (χ0n) is 10.3. The van der Waals surface area contributed by atoms with E-state index in [4.69, 9.17) is 0 Å². The molecule has 1 aromatic carbocycles. The average Bonchev–Trinajstić information content (AvgIpc) is 2.32. The highest BCUT2D eigenvalue weighted by atomic mass is 32.2. The molecule has 0 aromatic heterocycles. The third-order valence-corrected chi connectivity index (χ3v) is 3.56. The number of allylic oxidation sites excluding steroid dienone is 2. The van der Waals surface area contributed by atoms with E-state index in [1.807, 2.05) is 38.1 Å². The second-order valence-electron chi connectivity index (χ2n) is 3.31. The highest BCUT2D eigenvalue weighted by molar-refractivity contribution is 8.14. The Hall–Kier alpha value is -1.26. The first kappa shape index (κ1) is 14.8. The molecule has 0 aliphatic rings. The Morgan fingerprint density at radius 2 is 1.17 bits per heavy atom. The van der Waals surface area contributed by atoms with E-state index in [2.05, 4.69) is 0 Å². The van der Waals surface area contributed by atoms with Gasteiger partial charge in [-0.1, -0.05) is 12.2 Å². The van der Waals surface area contributed by atoms with E-state index in [-0.39, 0.29) is 10.2 Å². The maximum absolute atomic E-state index is 11.4. The molecule has 0 unspecified atom stereocenters. The molecule has 0 bridgehead atoms. The van der Waals surface area contributed by atoms with Gasteiger partial charge in [-0.2, -0.15) is 0 Å². The molecular weight excluding hydrogens is 264 g/mol. The zero-order valence-corrected chi connectivity index (χ0v) is 11.9. The van der Waals surface area contributed by atoms with Gasteiger partial charge in [0.2, 0.25) is 10.2 Å². The van der Waals surface area contributed by atoms with Crippen molar-refractivity contribution in [2.75, 3.05) is 0 Å². The van der Waals surface area contributed by atoms with E-state index < -0.39 is 0 Å². The fourth-order valence-corrected chi connectivity index (χ4v) is 2.57. The Bertz CT molecular complexity index is 428. The van der Waals surface area contributed by atoms with Crippen molar-refractivity contribution in [3.05, 3.63) is 48.6 Å². The zero-order chi connectivity index (χ0) is 13.4. The van der Waals surface area contributed by atoms with Crippen LogP contribution >= 0.6 is 23.5 Å². The van der Waals surface area contributed by atoms with Crippen molar-refractivity contribution in [2.24, 2.45) is 0 Å². The predicted molar refractivity (Wildman–Crippen MR) is 77.8 cm³/mol. The van der Waals surface area contributed by atoms with Gasteiger partial charge < -0.3 is 0 Å². The lowest BCUT2D eigenvalue weighted by atomic mass is 10.4. The summed E-state index contributed by atoms with van der Waals surface area (Å²) in [4.78, 5) is 24.5. The smallest absolute Gasteiger partial charge is 0.216 e. The van der Waals surface area contributed by atoms with Crippen molar-refractivity contribution < 1.29 is 9.59 Å². The van der Waals surface area contributed by atoms with Crippen LogP contribution in [0.15, 0.2) is 58.4 Å². The van der Waals surface area contributed by atoms with Crippen LogP contribution in [0.4, 0.5) is 0 Å². The Labute approximate surface area is 116 Å². The summed E-state index contributed by atoms with van der Waals surface area (Å²) in [6, 6.07) is 7.38. The number of thioether (sulfide) groups is 2. The summed E-state index contributed by atoms with van der Waals surface area (Å²) >= 11 is 2.34. The van der Waals surface area contributed by atoms with Gasteiger partial charge in [-0.3, -0.25) is 9.59 Å².